The van der Waals surface area contributed by atoms with Crippen LogP contribution in [0.15, 0.2) is 200 Å². The summed E-state index contributed by atoms with van der Waals surface area (Å²) in [5.41, 5.74) is 12.8. The van der Waals surface area contributed by atoms with Crippen LogP contribution in [0.3, 0.4) is 0 Å². The maximum absolute atomic E-state index is 5.27. The molecule has 0 aliphatic rings. The maximum Gasteiger partial charge on any atom is 0.138 e. The predicted molar refractivity (Wildman–Crippen MR) is 204 cm³/mol. The lowest BCUT2D eigenvalue weighted by Gasteiger charge is -2.27. The van der Waals surface area contributed by atoms with E-state index in [0.717, 1.165) is 73.1 Å². The first-order valence-electron chi connectivity index (χ1n) is 16.5. The Bertz CT molecular complexity index is 2060. The van der Waals surface area contributed by atoms with Crippen molar-refractivity contribution in [3.8, 4) is 55.9 Å². The van der Waals surface area contributed by atoms with Crippen molar-refractivity contribution in [2.45, 2.75) is 0 Å². The summed E-state index contributed by atoms with van der Waals surface area (Å²) in [6, 6.07) is 68.1. The zero-order valence-corrected chi connectivity index (χ0v) is 26.9. The zero-order valence-electron chi connectivity index (χ0n) is 26.9. The van der Waals surface area contributed by atoms with Crippen LogP contribution < -0.4 is 4.90 Å². The van der Waals surface area contributed by atoms with E-state index in [2.05, 4.69) is 180 Å². The Hall–Kier alpha value is -6.58. The molecule has 49 heavy (non-hydrogen) atoms. The first-order valence-corrected chi connectivity index (χ1v) is 16.5. The molecule has 2 heterocycles. The van der Waals surface area contributed by atoms with Crippen LogP contribution in [0.25, 0.3) is 55.9 Å². The Labute approximate surface area is 287 Å². The van der Waals surface area contributed by atoms with Crippen LogP contribution >= 0.6 is 0 Å². The molecule has 2 aromatic heterocycles. The zero-order chi connectivity index (χ0) is 32.8. The lowest BCUT2D eigenvalue weighted by Crippen LogP contribution is -2.13. The van der Waals surface area contributed by atoms with E-state index in [1.165, 1.54) is 0 Å². The smallest absolute Gasteiger partial charge is 0.138 e. The third-order valence-electron chi connectivity index (χ3n) is 8.67. The van der Waals surface area contributed by atoms with Gasteiger partial charge in [-0.1, -0.05) is 133 Å². The molecule has 8 rings (SSSR count). The average molecular weight is 628 g/mol. The molecule has 3 heteroatoms. The second kappa shape index (κ2) is 13.6. The van der Waals surface area contributed by atoms with Crippen LogP contribution in [-0.2, 0) is 0 Å². The van der Waals surface area contributed by atoms with Gasteiger partial charge in [-0.2, -0.15) is 0 Å². The van der Waals surface area contributed by atoms with Crippen LogP contribution in [0.1, 0.15) is 0 Å². The minimum absolute atomic E-state index is 0.802. The fourth-order valence-electron chi connectivity index (χ4n) is 6.29. The Morgan fingerprint density at radius 2 is 0.694 bits per heavy atom. The molecule has 0 spiro atoms. The summed E-state index contributed by atoms with van der Waals surface area (Å²) in [6.07, 6.45) is 1.81. The van der Waals surface area contributed by atoms with E-state index in [9.17, 15) is 0 Å². The molecule has 0 fully saturated rings. The monoisotopic (exact) mass is 627 g/mol. The van der Waals surface area contributed by atoms with Crippen LogP contribution in [0.5, 0.6) is 0 Å². The Morgan fingerprint density at radius 1 is 0.306 bits per heavy atom. The molecule has 0 saturated carbocycles. The number of hydrogen-bond acceptors (Lipinski definition) is 3. The van der Waals surface area contributed by atoms with Gasteiger partial charge in [0.15, 0.2) is 0 Å². The van der Waals surface area contributed by atoms with Crippen molar-refractivity contribution in [1.82, 2.24) is 9.97 Å². The van der Waals surface area contributed by atoms with Gasteiger partial charge in [-0.25, -0.2) is 4.98 Å². The molecule has 0 aliphatic heterocycles. The first-order chi connectivity index (χ1) is 24.3. The number of nitrogens with zero attached hydrogens (tertiary/aromatic N) is 3. The molecule has 0 amide bonds. The van der Waals surface area contributed by atoms with E-state index in [0.29, 0.717) is 0 Å². The number of rotatable bonds is 8. The fourth-order valence-corrected chi connectivity index (χ4v) is 6.29. The highest BCUT2D eigenvalue weighted by Crippen LogP contribution is 2.42. The maximum atomic E-state index is 5.27. The highest BCUT2D eigenvalue weighted by atomic mass is 15.2. The van der Waals surface area contributed by atoms with Gasteiger partial charge in [-0.05, 0) is 105 Å². The van der Waals surface area contributed by atoms with E-state index in [-0.39, 0.29) is 0 Å². The largest absolute Gasteiger partial charge is 0.295 e. The highest BCUT2D eigenvalue weighted by molar-refractivity contribution is 5.88. The van der Waals surface area contributed by atoms with Gasteiger partial charge in [0.2, 0.25) is 0 Å². The Balaban J connectivity index is 1.41. The van der Waals surface area contributed by atoms with Gasteiger partial charge >= 0.3 is 0 Å². The van der Waals surface area contributed by atoms with Crippen molar-refractivity contribution in [2.75, 3.05) is 4.90 Å². The van der Waals surface area contributed by atoms with E-state index in [1.807, 2.05) is 30.5 Å². The predicted octanol–water partition coefficient (Wildman–Crippen LogP) is 12.3. The molecule has 6 aromatic carbocycles. The minimum atomic E-state index is 0.802. The Kier molecular flexibility index (Phi) is 8.30. The molecule has 0 unspecified atom stereocenters. The fraction of sp³-hybridized carbons (Fsp3) is 0. The summed E-state index contributed by atoms with van der Waals surface area (Å²) >= 11 is 0. The molecule has 0 radical (unpaired) electrons. The standard InChI is InChI=1S/C46H33N3/c1-5-16-34(17-6-1)38-28-39(35-18-7-2-8-19-35)31-42(30-38)49(46-26-15-25-45(48-46)44-24-13-14-27-47-44)43-32-40(36-20-9-3-10-21-36)29-41(33-43)37-22-11-4-12-23-37/h1-33H. The molecule has 0 saturated heterocycles. The van der Waals surface area contributed by atoms with E-state index in [4.69, 9.17) is 4.98 Å². The van der Waals surface area contributed by atoms with Gasteiger partial charge in [-0.3, -0.25) is 9.88 Å². The second-order valence-corrected chi connectivity index (χ2v) is 11.9. The van der Waals surface area contributed by atoms with E-state index >= 15 is 0 Å². The summed E-state index contributed by atoms with van der Waals surface area (Å²) in [5, 5.41) is 0. The summed E-state index contributed by atoms with van der Waals surface area (Å²) in [5.74, 6) is 0.802. The summed E-state index contributed by atoms with van der Waals surface area (Å²) in [4.78, 5) is 12.2. The SMILES string of the molecule is c1ccc(-c2cc(-c3ccccc3)cc(N(c3cc(-c4ccccc4)cc(-c4ccccc4)c3)c3cccc(-c4ccccn4)n3)c2)cc1. The highest BCUT2D eigenvalue weighted by Gasteiger charge is 2.20. The third kappa shape index (κ3) is 6.51. The van der Waals surface area contributed by atoms with Gasteiger partial charge < -0.3 is 0 Å². The molecule has 0 atom stereocenters. The number of anilines is 3. The number of benzene rings is 6. The van der Waals surface area contributed by atoms with Gasteiger partial charge in [0, 0.05) is 17.6 Å². The van der Waals surface area contributed by atoms with Gasteiger partial charge in [0.05, 0.1) is 11.4 Å². The summed E-state index contributed by atoms with van der Waals surface area (Å²) < 4.78 is 0. The molecule has 8 aromatic rings. The first kappa shape index (κ1) is 29.8. The lowest BCUT2D eigenvalue weighted by atomic mass is 9.96. The van der Waals surface area contributed by atoms with E-state index < -0.39 is 0 Å². The third-order valence-corrected chi connectivity index (χ3v) is 8.67. The molecule has 0 N–H and O–H groups in total. The van der Waals surface area contributed by atoms with Crippen molar-refractivity contribution in [3.63, 3.8) is 0 Å². The molecular formula is C46H33N3. The number of aromatic nitrogens is 2. The topological polar surface area (TPSA) is 29.0 Å². The average Bonchev–Trinajstić information content (AvgIpc) is 3.19. The van der Waals surface area contributed by atoms with Gasteiger partial charge in [0.1, 0.15) is 5.82 Å². The van der Waals surface area contributed by atoms with Gasteiger partial charge in [0.25, 0.3) is 0 Å². The van der Waals surface area contributed by atoms with Crippen LogP contribution in [0.2, 0.25) is 0 Å². The van der Waals surface area contributed by atoms with Crippen LogP contribution in [-0.4, -0.2) is 9.97 Å². The summed E-state index contributed by atoms with van der Waals surface area (Å²) in [7, 11) is 0. The minimum Gasteiger partial charge on any atom is -0.295 e. The molecule has 232 valence electrons. The molecule has 3 nitrogen and oxygen atoms in total. The Morgan fingerprint density at radius 3 is 1.08 bits per heavy atom. The normalized spacial score (nSPS) is 10.9. The van der Waals surface area contributed by atoms with Gasteiger partial charge in [-0.15, -0.1) is 0 Å². The quantitative estimate of drug-likeness (QED) is 0.168. The van der Waals surface area contributed by atoms with Crippen molar-refractivity contribution in [1.29, 1.82) is 0 Å². The number of pyridine rings is 2. The molecule has 0 bridgehead atoms. The summed E-state index contributed by atoms with van der Waals surface area (Å²) in [6.45, 7) is 0. The van der Waals surface area contributed by atoms with Crippen molar-refractivity contribution in [3.05, 3.63) is 200 Å². The van der Waals surface area contributed by atoms with Crippen molar-refractivity contribution in [2.24, 2.45) is 0 Å². The van der Waals surface area contributed by atoms with Crippen molar-refractivity contribution >= 4 is 17.2 Å². The van der Waals surface area contributed by atoms with E-state index in [1.54, 1.807) is 0 Å². The van der Waals surface area contributed by atoms with Crippen molar-refractivity contribution < 1.29 is 0 Å². The van der Waals surface area contributed by atoms with Crippen LogP contribution in [0, 0.1) is 0 Å². The number of hydrogen-bond donors (Lipinski definition) is 0. The van der Waals surface area contributed by atoms with Crippen LogP contribution in [0.4, 0.5) is 17.2 Å². The second-order valence-electron chi connectivity index (χ2n) is 11.9. The molecule has 0 aliphatic carbocycles. The molecular weight excluding hydrogens is 595 g/mol. The lowest BCUT2D eigenvalue weighted by molar-refractivity contribution is 1.17.